The lowest BCUT2D eigenvalue weighted by molar-refractivity contribution is 0.0940. The first-order valence-corrected chi connectivity index (χ1v) is 14.0. The summed E-state index contributed by atoms with van der Waals surface area (Å²) in [5, 5.41) is 3.55. The van der Waals surface area contributed by atoms with Crippen molar-refractivity contribution in [3.05, 3.63) is 93.5 Å². The summed E-state index contributed by atoms with van der Waals surface area (Å²) < 4.78 is 31.8. The van der Waals surface area contributed by atoms with E-state index in [4.69, 9.17) is 16.3 Å². The first kappa shape index (κ1) is 27.6. The number of nitrogens with zero attached hydrogens (tertiary/aromatic N) is 1. The SMILES string of the molecule is COc1cc(C)c([C@H](C)NC(=O)c2ccc(N(Cc3ccccc3Cl)S(C)(=O)=O)cc2)cc1C(C)C. The Morgan fingerprint density at radius 3 is 2.22 bits per heavy atom. The van der Waals surface area contributed by atoms with E-state index >= 15 is 0 Å². The molecule has 1 N–H and O–H groups in total. The number of anilines is 1. The molecular formula is C28H33ClN2O4S. The standard InChI is InChI=1S/C28H33ClN2O4S/c1-18(2)24-16-25(19(3)15-27(24)35-5)20(4)30-28(32)21-11-13-23(14-12-21)31(36(6,33)34)17-22-9-7-8-10-26(22)29/h7-16,18,20H,17H2,1-6H3,(H,30,32)/t20-/m0/s1. The highest BCUT2D eigenvalue weighted by molar-refractivity contribution is 7.92. The normalized spacial score (nSPS) is 12.3. The van der Waals surface area contributed by atoms with Gasteiger partial charge in [0.2, 0.25) is 10.0 Å². The smallest absolute Gasteiger partial charge is 0.251 e. The number of methoxy groups -OCH3 is 1. The molecule has 0 aliphatic rings. The number of amides is 1. The van der Waals surface area contributed by atoms with Gasteiger partial charge in [-0.05, 0) is 84.5 Å². The van der Waals surface area contributed by atoms with Crippen LogP contribution in [0.1, 0.15) is 65.3 Å². The van der Waals surface area contributed by atoms with E-state index in [0.717, 1.165) is 28.7 Å². The number of carbonyl (C=O) groups is 1. The van der Waals surface area contributed by atoms with Crippen LogP contribution in [0.25, 0.3) is 0 Å². The molecule has 3 rings (SSSR count). The summed E-state index contributed by atoms with van der Waals surface area (Å²) in [6.45, 7) is 8.25. The Morgan fingerprint density at radius 2 is 1.67 bits per heavy atom. The van der Waals surface area contributed by atoms with E-state index in [1.165, 1.54) is 4.31 Å². The molecule has 0 bridgehead atoms. The van der Waals surface area contributed by atoms with Gasteiger partial charge in [-0.15, -0.1) is 0 Å². The number of carbonyl (C=O) groups excluding carboxylic acids is 1. The van der Waals surface area contributed by atoms with Crippen molar-refractivity contribution >= 4 is 33.2 Å². The van der Waals surface area contributed by atoms with Gasteiger partial charge in [-0.1, -0.05) is 43.6 Å². The van der Waals surface area contributed by atoms with Crippen LogP contribution in [0.2, 0.25) is 5.02 Å². The lowest BCUT2D eigenvalue weighted by Gasteiger charge is -2.23. The van der Waals surface area contributed by atoms with Crippen molar-refractivity contribution in [1.82, 2.24) is 5.32 Å². The minimum atomic E-state index is -3.58. The first-order valence-electron chi connectivity index (χ1n) is 11.7. The quantitative estimate of drug-likeness (QED) is 0.357. The summed E-state index contributed by atoms with van der Waals surface area (Å²) in [6.07, 6.45) is 1.15. The Balaban J connectivity index is 1.81. The van der Waals surface area contributed by atoms with Gasteiger partial charge >= 0.3 is 0 Å². The van der Waals surface area contributed by atoms with Gasteiger partial charge in [0.25, 0.3) is 5.91 Å². The maximum absolute atomic E-state index is 13.0. The first-order chi connectivity index (χ1) is 16.9. The van der Waals surface area contributed by atoms with Crippen LogP contribution < -0.4 is 14.4 Å². The second kappa shape index (κ2) is 11.4. The molecule has 3 aromatic carbocycles. The van der Waals surface area contributed by atoms with Crippen LogP contribution in [0.4, 0.5) is 5.69 Å². The fraction of sp³-hybridized carbons (Fsp3) is 0.321. The Labute approximate surface area is 219 Å². The predicted molar refractivity (Wildman–Crippen MR) is 147 cm³/mol. The van der Waals surface area contributed by atoms with Crippen LogP contribution in [0.3, 0.4) is 0 Å². The molecule has 8 heteroatoms. The molecule has 3 aromatic rings. The van der Waals surface area contributed by atoms with E-state index in [9.17, 15) is 13.2 Å². The second-order valence-corrected chi connectivity index (χ2v) is 11.5. The number of nitrogens with one attached hydrogen (secondary N) is 1. The van der Waals surface area contributed by atoms with Crippen LogP contribution in [-0.2, 0) is 16.6 Å². The molecule has 0 aliphatic heterocycles. The number of halogens is 1. The molecule has 0 radical (unpaired) electrons. The summed E-state index contributed by atoms with van der Waals surface area (Å²) >= 11 is 6.25. The van der Waals surface area contributed by atoms with Gasteiger partial charge in [-0.2, -0.15) is 0 Å². The number of aryl methyl sites for hydroxylation is 1. The van der Waals surface area contributed by atoms with E-state index in [-0.39, 0.29) is 24.4 Å². The molecule has 0 spiro atoms. The average Bonchev–Trinajstić information content (AvgIpc) is 2.82. The molecule has 0 saturated heterocycles. The summed E-state index contributed by atoms with van der Waals surface area (Å²) in [5.74, 6) is 0.873. The Hall–Kier alpha value is -3.03. The zero-order valence-corrected chi connectivity index (χ0v) is 23.1. The van der Waals surface area contributed by atoms with Crippen LogP contribution in [-0.4, -0.2) is 27.7 Å². The minimum Gasteiger partial charge on any atom is -0.496 e. The monoisotopic (exact) mass is 528 g/mol. The molecular weight excluding hydrogens is 496 g/mol. The van der Waals surface area contributed by atoms with E-state index in [0.29, 0.717) is 21.8 Å². The van der Waals surface area contributed by atoms with Crippen molar-refractivity contribution in [2.45, 2.75) is 46.2 Å². The van der Waals surface area contributed by atoms with Crippen LogP contribution in [0, 0.1) is 6.92 Å². The molecule has 0 heterocycles. The third kappa shape index (κ3) is 6.39. The highest BCUT2D eigenvalue weighted by atomic mass is 35.5. The number of hydrogen-bond acceptors (Lipinski definition) is 4. The molecule has 192 valence electrons. The number of ether oxygens (including phenoxy) is 1. The predicted octanol–water partition coefficient (Wildman–Crippen LogP) is 6.24. The third-order valence-electron chi connectivity index (χ3n) is 6.14. The van der Waals surface area contributed by atoms with Gasteiger partial charge in [0, 0.05) is 10.6 Å². The molecule has 1 amide bonds. The van der Waals surface area contributed by atoms with E-state index in [1.54, 1.807) is 49.6 Å². The van der Waals surface area contributed by atoms with Crippen molar-refractivity contribution < 1.29 is 17.9 Å². The van der Waals surface area contributed by atoms with Crippen molar-refractivity contribution in [2.75, 3.05) is 17.7 Å². The zero-order chi connectivity index (χ0) is 26.6. The molecule has 0 saturated carbocycles. The summed E-state index contributed by atoms with van der Waals surface area (Å²) in [5.41, 5.74) is 4.72. The molecule has 6 nitrogen and oxygen atoms in total. The second-order valence-electron chi connectivity index (χ2n) is 9.21. The summed E-state index contributed by atoms with van der Waals surface area (Å²) in [4.78, 5) is 13.0. The lowest BCUT2D eigenvalue weighted by atomic mass is 9.93. The minimum absolute atomic E-state index is 0.0933. The fourth-order valence-corrected chi connectivity index (χ4v) is 5.20. The summed E-state index contributed by atoms with van der Waals surface area (Å²) in [6, 6.07) is 17.5. The van der Waals surface area contributed by atoms with E-state index in [2.05, 4.69) is 25.2 Å². The Bertz CT molecular complexity index is 1340. The van der Waals surface area contributed by atoms with Crippen molar-refractivity contribution in [3.8, 4) is 5.75 Å². The lowest BCUT2D eigenvalue weighted by Crippen LogP contribution is -2.30. The van der Waals surface area contributed by atoms with Crippen molar-refractivity contribution in [2.24, 2.45) is 0 Å². The van der Waals surface area contributed by atoms with Crippen LogP contribution in [0.15, 0.2) is 60.7 Å². The van der Waals surface area contributed by atoms with E-state index in [1.807, 2.05) is 26.0 Å². The van der Waals surface area contributed by atoms with Gasteiger partial charge < -0.3 is 10.1 Å². The molecule has 1 atom stereocenters. The number of sulfonamides is 1. The van der Waals surface area contributed by atoms with Gasteiger partial charge in [0.15, 0.2) is 0 Å². The van der Waals surface area contributed by atoms with Crippen LogP contribution in [0.5, 0.6) is 5.75 Å². The topological polar surface area (TPSA) is 75.7 Å². The average molecular weight is 529 g/mol. The van der Waals surface area contributed by atoms with E-state index < -0.39 is 10.0 Å². The fourth-order valence-electron chi connectivity index (χ4n) is 4.13. The van der Waals surface area contributed by atoms with Crippen molar-refractivity contribution in [1.29, 1.82) is 0 Å². The van der Waals surface area contributed by atoms with Crippen molar-refractivity contribution in [3.63, 3.8) is 0 Å². The maximum atomic E-state index is 13.0. The highest BCUT2D eigenvalue weighted by Gasteiger charge is 2.21. The van der Waals surface area contributed by atoms with Gasteiger partial charge in [-0.3, -0.25) is 9.10 Å². The largest absolute Gasteiger partial charge is 0.496 e. The molecule has 36 heavy (non-hydrogen) atoms. The third-order valence-corrected chi connectivity index (χ3v) is 7.65. The van der Waals surface area contributed by atoms with Gasteiger partial charge in [0.05, 0.1) is 31.6 Å². The number of rotatable bonds is 9. The Morgan fingerprint density at radius 1 is 1.03 bits per heavy atom. The molecule has 0 aromatic heterocycles. The van der Waals surface area contributed by atoms with Crippen LogP contribution >= 0.6 is 11.6 Å². The number of hydrogen-bond donors (Lipinski definition) is 1. The van der Waals surface area contributed by atoms with Gasteiger partial charge in [-0.25, -0.2) is 8.42 Å². The Kier molecular flexibility index (Phi) is 8.69. The maximum Gasteiger partial charge on any atom is 0.251 e. The zero-order valence-electron chi connectivity index (χ0n) is 21.5. The van der Waals surface area contributed by atoms with Gasteiger partial charge in [0.1, 0.15) is 5.75 Å². The molecule has 0 unspecified atom stereocenters. The molecule has 0 fully saturated rings. The molecule has 0 aliphatic carbocycles. The number of benzene rings is 3. The summed E-state index contributed by atoms with van der Waals surface area (Å²) in [7, 11) is -1.92. The highest BCUT2D eigenvalue weighted by Crippen LogP contribution is 2.32.